The Morgan fingerprint density at radius 2 is 2.09 bits per heavy atom. The van der Waals surface area contributed by atoms with Crippen LogP contribution in [0.1, 0.15) is 27.2 Å². The predicted molar refractivity (Wildman–Crippen MR) is 48.0 cm³/mol. The van der Waals surface area contributed by atoms with Crippen LogP contribution in [-0.4, -0.2) is 18.6 Å². The van der Waals surface area contributed by atoms with E-state index in [9.17, 15) is 0 Å². The van der Waals surface area contributed by atoms with E-state index in [1.807, 2.05) is 0 Å². The van der Waals surface area contributed by atoms with Gasteiger partial charge in [-0.3, -0.25) is 10.4 Å². The Hall–Kier alpha value is -0.860. The van der Waals surface area contributed by atoms with Crippen LogP contribution in [0.4, 0.5) is 0 Å². The van der Waals surface area contributed by atoms with Gasteiger partial charge in [0, 0.05) is 6.21 Å². The van der Waals surface area contributed by atoms with Crippen LogP contribution in [0.15, 0.2) is 10.1 Å². The van der Waals surface area contributed by atoms with Crippen molar-refractivity contribution in [3.8, 4) is 0 Å². The van der Waals surface area contributed by atoms with Gasteiger partial charge in [-0.15, -0.1) is 0 Å². The Morgan fingerprint density at radius 1 is 1.36 bits per heavy atom. The van der Waals surface area contributed by atoms with Gasteiger partial charge >= 0.3 is 0 Å². The van der Waals surface area contributed by atoms with Crippen molar-refractivity contribution in [1.29, 1.82) is 0 Å². The molecule has 0 spiro atoms. The van der Waals surface area contributed by atoms with Gasteiger partial charge in [-0.2, -0.15) is 5.10 Å². The molecule has 1 atom stereocenters. The Balaban J connectivity index is 2.39. The van der Waals surface area contributed by atoms with Gasteiger partial charge in [-0.1, -0.05) is 20.8 Å². The van der Waals surface area contributed by atoms with Crippen LogP contribution in [0.25, 0.3) is 0 Å². The van der Waals surface area contributed by atoms with Crippen molar-refractivity contribution in [2.24, 2.45) is 15.5 Å². The molecule has 1 heterocycles. The van der Waals surface area contributed by atoms with Crippen molar-refractivity contribution in [3.05, 3.63) is 0 Å². The fourth-order valence-electron chi connectivity index (χ4n) is 1.02. The van der Waals surface area contributed by atoms with Crippen molar-refractivity contribution < 1.29 is 0 Å². The lowest BCUT2D eigenvalue weighted by molar-refractivity contribution is 0.316. The summed E-state index contributed by atoms with van der Waals surface area (Å²) in [6.07, 6.45) is 4.59. The number of hydrazone groups is 1. The van der Waals surface area contributed by atoms with Crippen LogP contribution < -0.4 is 5.43 Å². The molecule has 11 heavy (non-hydrogen) atoms. The maximum absolute atomic E-state index is 4.23. The number of hydrogen-bond acceptors (Lipinski definition) is 3. The van der Waals surface area contributed by atoms with Gasteiger partial charge in [0.25, 0.3) is 0 Å². The van der Waals surface area contributed by atoms with Crippen LogP contribution in [0.5, 0.6) is 0 Å². The van der Waals surface area contributed by atoms with Crippen LogP contribution in [0.2, 0.25) is 0 Å². The first kappa shape index (κ1) is 8.24. The second-order valence-corrected chi connectivity index (χ2v) is 3.99. The summed E-state index contributed by atoms with van der Waals surface area (Å²) in [6.45, 7) is 6.59. The minimum absolute atomic E-state index is 0.167. The fourth-order valence-corrected chi connectivity index (χ4v) is 1.02. The topological polar surface area (TPSA) is 36.8 Å². The zero-order chi connectivity index (χ0) is 8.32. The minimum Gasteiger partial charge on any atom is -0.286 e. The van der Waals surface area contributed by atoms with Crippen molar-refractivity contribution in [1.82, 2.24) is 5.43 Å². The van der Waals surface area contributed by atoms with Crippen molar-refractivity contribution in [2.45, 2.75) is 33.4 Å². The average molecular weight is 153 g/mol. The van der Waals surface area contributed by atoms with E-state index in [1.54, 1.807) is 12.4 Å². The SMILES string of the molecule is CC(C)(C)CC1N=CC=NN1. The molecule has 0 bridgehead atoms. The number of rotatable bonds is 1. The Labute approximate surface area is 67.6 Å². The third-order valence-corrected chi connectivity index (χ3v) is 1.44. The number of hydrogen-bond donors (Lipinski definition) is 1. The third-order valence-electron chi connectivity index (χ3n) is 1.44. The summed E-state index contributed by atoms with van der Waals surface area (Å²) in [5.41, 5.74) is 3.25. The standard InChI is InChI=1S/C8H15N3/c1-8(2,3)6-7-9-4-5-10-11-7/h4-5,7,11H,6H2,1-3H3. The van der Waals surface area contributed by atoms with Gasteiger partial charge in [0.2, 0.25) is 0 Å². The molecule has 1 aliphatic heterocycles. The largest absolute Gasteiger partial charge is 0.286 e. The van der Waals surface area contributed by atoms with Crippen LogP contribution >= 0.6 is 0 Å². The summed E-state index contributed by atoms with van der Waals surface area (Å²) in [6, 6.07) is 0. The highest BCUT2D eigenvalue weighted by molar-refractivity contribution is 6.16. The van der Waals surface area contributed by atoms with Gasteiger partial charge in [0.15, 0.2) is 0 Å². The molecule has 1 N–H and O–H groups in total. The van der Waals surface area contributed by atoms with Crippen molar-refractivity contribution >= 4 is 12.4 Å². The lowest BCUT2D eigenvalue weighted by Crippen LogP contribution is -2.29. The molecule has 0 saturated carbocycles. The summed E-state index contributed by atoms with van der Waals surface area (Å²) < 4.78 is 0. The van der Waals surface area contributed by atoms with Crippen LogP contribution in [0.3, 0.4) is 0 Å². The average Bonchev–Trinajstić information content (AvgIpc) is 1.85. The smallest absolute Gasteiger partial charge is 0.134 e. The maximum Gasteiger partial charge on any atom is 0.134 e. The molecule has 0 saturated heterocycles. The van der Waals surface area contributed by atoms with E-state index in [0.29, 0.717) is 5.41 Å². The Bertz CT molecular complexity index is 176. The lowest BCUT2D eigenvalue weighted by atomic mass is 9.91. The number of nitrogens with one attached hydrogen (secondary N) is 1. The summed E-state index contributed by atoms with van der Waals surface area (Å²) in [7, 11) is 0. The molecule has 3 heteroatoms. The summed E-state index contributed by atoms with van der Waals surface area (Å²) >= 11 is 0. The normalized spacial score (nSPS) is 23.4. The van der Waals surface area contributed by atoms with Gasteiger partial charge in [-0.05, 0) is 11.8 Å². The van der Waals surface area contributed by atoms with Crippen molar-refractivity contribution in [2.75, 3.05) is 0 Å². The lowest BCUT2D eigenvalue weighted by Gasteiger charge is -2.23. The molecular weight excluding hydrogens is 138 g/mol. The molecule has 1 unspecified atom stereocenters. The molecule has 0 amide bonds. The first-order valence-corrected chi connectivity index (χ1v) is 3.88. The van der Waals surface area contributed by atoms with Gasteiger partial charge in [0.05, 0.1) is 6.21 Å². The molecule has 0 aromatic rings. The Kier molecular flexibility index (Phi) is 2.27. The van der Waals surface area contributed by atoms with Gasteiger partial charge in [0.1, 0.15) is 6.17 Å². The van der Waals surface area contributed by atoms with Gasteiger partial charge < -0.3 is 0 Å². The zero-order valence-corrected chi connectivity index (χ0v) is 7.33. The molecule has 3 nitrogen and oxygen atoms in total. The van der Waals surface area contributed by atoms with Crippen LogP contribution in [0, 0.1) is 5.41 Å². The second kappa shape index (κ2) is 3.03. The van der Waals surface area contributed by atoms with Gasteiger partial charge in [-0.25, -0.2) is 0 Å². The monoisotopic (exact) mass is 153 g/mol. The Morgan fingerprint density at radius 3 is 2.55 bits per heavy atom. The predicted octanol–water partition coefficient (Wildman–Crippen LogP) is 1.41. The third kappa shape index (κ3) is 3.16. The molecule has 0 fully saturated rings. The highest BCUT2D eigenvalue weighted by atomic mass is 15.4. The molecule has 0 aromatic carbocycles. The molecule has 62 valence electrons. The van der Waals surface area contributed by atoms with Crippen molar-refractivity contribution in [3.63, 3.8) is 0 Å². The molecular formula is C8H15N3. The van der Waals surface area contributed by atoms with E-state index in [4.69, 9.17) is 0 Å². The summed E-state index contributed by atoms with van der Waals surface area (Å²) in [4.78, 5) is 4.23. The van der Waals surface area contributed by atoms with E-state index in [1.165, 1.54) is 0 Å². The highest BCUT2D eigenvalue weighted by Gasteiger charge is 2.17. The zero-order valence-electron chi connectivity index (χ0n) is 7.33. The van der Waals surface area contributed by atoms with E-state index in [0.717, 1.165) is 6.42 Å². The molecule has 0 aliphatic carbocycles. The molecule has 0 aromatic heterocycles. The first-order valence-electron chi connectivity index (χ1n) is 3.88. The van der Waals surface area contributed by atoms with E-state index < -0.39 is 0 Å². The highest BCUT2D eigenvalue weighted by Crippen LogP contribution is 2.21. The number of aliphatic imine (C=N–C) groups is 1. The number of nitrogens with zero attached hydrogens (tertiary/aromatic N) is 2. The second-order valence-electron chi connectivity index (χ2n) is 3.99. The fraction of sp³-hybridized carbons (Fsp3) is 0.750. The molecule has 1 rings (SSSR count). The molecule has 0 radical (unpaired) electrons. The molecule has 1 aliphatic rings. The minimum atomic E-state index is 0.167. The quantitative estimate of drug-likeness (QED) is 0.607. The summed E-state index contributed by atoms with van der Waals surface area (Å²) in [5, 5.41) is 3.92. The maximum atomic E-state index is 4.23. The van der Waals surface area contributed by atoms with E-state index >= 15 is 0 Å². The summed E-state index contributed by atoms with van der Waals surface area (Å²) in [5.74, 6) is 0. The van der Waals surface area contributed by atoms with Crippen LogP contribution in [-0.2, 0) is 0 Å². The first-order chi connectivity index (χ1) is 5.08. The van der Waals surface area contributed by atoms with E-state index in [2.05, 4.69) is 36.3 Å². The van der Waals surface area contributed by atoms with E-state index in [-0.39, 0.29) is 6.17 Å².